The SMILES string of the molecule is CCNC(=NCC1(c2ccccc2F)CC1)NCCc1csc(N2CCCC2)n1.I. The molecule has 5 nitrogen and oxygen atoms in total. The summed E-state index contributed by atoms with van der Waals surface area (Å²) in [5.41, 5.74) is 1.80. The molecule has 8 heteroatoms. The van der Waals surface area contributed by atoms with Crippen molar-refractivity contribution >= 4 is 46.4 Å². The van der Waals surface area contributed by atoms with Gasteiger partial charge < -0.3 is 15.5 Å². The van der Waals surface area contributed by atoms with E-state index >= 15 is 0 Å². The summed E-state index contributed by atoms with van der Waals surface area (Å²) in [5.74, 6) is 0.681. The van der Waals surface area contributed by atoms with E-state index in [1.54, 1.807) is 23.5 Å². The average molecular weight is 543 g/mol. The van der Waals surface area contributed by atoms with Crippen LogP contribution in [0, 0.1) is 5.82 Å². The van der Waals surface area contributed by atoms with Crippen LogP contribution in [0.5, 0.6) is 0 Å². The Morgan fingerprint density at radius 3 is 2.70 bits per heavy atom. The molecule has 0 atom stereocenters. The molecule has 0 spiro atoms. The van der Waals surface area contributed by atoms with Crippen LogP contribution >= 0.6 is 35.3 Å². The van der Waals surface area contributed by atoms with Crippen molar-refractivity contribution in [3.05, 3.63) is 46.7 Å². The monoisotopic (exact) mass is 543 g/mol. The van der Waals surface area contributed by atoms with Crippen molar-refractivity contribution in [2.24, 2.45) is 4.99 Å². The summed E-state index contributed by atoms with van der Waals surface area (Å²) in [6, 6.07) is 7.11. The van der Waals surface area contributed by atoms with E-state index in [1.807, 2.05) is 12.1 Å². The molecule has 2 aromatic rings. The Bertz CT molecular complexity index is 846. The highest BCUT2D eigenvalue weighted by atomic mass is 127. The molecule has 1 saturated heterocycles. The van der Waals surface area contributed by atoms with Gasteiger partial charge >= 0.3 is 0 Å². The number of hydrogen-bond donors (Lipinski definition) is 2. The van der Waals surface area contributed by atoms with Gasteiger partial charge in [0.25, 0.3) is 0 Å². The maximum atomic E-state index is 14.2. The molecule has 0 bridgehead atoms. The number of aliphatic imine (C=N–C) groups is 1. The minimum atomic E-state index is -0.132. The van der Waals surface area contributed by atoms with E-state index in [9.17, 15) is 4.39 Å². The van der Waals surface area contributed by atoms with E-state index in [2.05, 4.69) is 27.8 Å². The van der Waals surface area contributed by atoms with E-state index in [-0.39, 0.29) is 35.2 Å². The molecule has 1 aromatic heterocycles. The van der Waals surface area contributed by atoms with Gasteiger partial charge in [0.15, 0.2) is 11.1 Å². The second-order valence-electron chi connectivity index (χ2n) is 7.95. The molecule has 1 saturated carbocycles. The Hall–Kier alpha value is -1.42. The van der Waals surface area contributed by atoms with E-state index < -0.39 is 0 Å². The molecule has 2 aliphatic rings. The summed E-state index contributed by atoms with van der Waals surface area (Å²) in [6.07, 6.45) is 5.40. The second kappa shape index (κ2) is 10.7. The summed E-state index contributed by atoms with van der Waals surface area (Å²) < 4.78 is 14.2. The van der Waals surface area contributed by atoms with E-state index in [4.69, 9.17) is 9.98 Å². The maximum absolute atomic E-state index is 14.2. The lowest BCUT2D eigenvalue weighted by molar-refractivity contribution is 0.572. The molecule has 4 rings (SSSR count). The molecule has 2 heterocycles. The highest BCUT2D eigenvalue weighted by Gasteiger charge is 2.45. The average Bonchev–Trinajstić information content (AvgIpc) is 3.11. The molecular weight excluding hydrogens is 512 g/mol. The summed E-state index contributed by atoms with van der Waals surface area (Å²) in [7, 11) is 0. The van der Waals surface area contributed by atoms with E-state index in [1.165, 1.54) is 12.8 Å². The highest BCUT2D eigenvalue weighted by Crippen LogP contribution is 2.49. The summed E-state index contributed by atoms with van der Waals surface area (Å²) in [4.78, 5) is 11.9. The number of nitrogens with zero attached hydrogens (tertiary/aromatic N) is 3. The molecule has 164 valence electrons. The maximum Gasteiger partial charge on any atom is 0.191 e. The summed E-state index contributed by atoms with van der Waals surface area (Å²) in [5, 5.41) is 10.0. The molecule has 0 unspecified atom stereocenters. The van der Waals surface area contributed by atoms with Crippen molar-refractivity contribution in [1.82, 2.24) is 15.6 Å². The van der Waals surface area contributed by atoms with Crippen molar-refractivity contribution in [1.29, 1.82) is 0 Å². The third-order valence-electron chi connectivity index (χ3n) is 5.77. The normalized spacial score (nSPS) is 17.5. The smallest absolute Gasteiger partial charge is 0.191 e. The molecule has 1 aromatic carbocycles. The van der Waals surface area contributed by atoms with Crippen molar-refractivity contribution in [2.75, 3.05) is 37.6 Å². The van der Waals surface area contributed by atoms with Crippen LogP contribution in [0.3, 0.4) is 0 Å². The zero-order valence-electron chi connectivity index (χ0n) is 17.5. The number of halogens is 2. The van der Waals surface area contributed by atoms with Gasteiger partial charge in [0, 0.05) is 43.4 Å². The number of nitrogens with one attached hydrogen (secondary N) is 2. The first-order valence-corrected chi connectivity index (χ1v) is 11.5. The number of benzene rings is 1. The minimum absolute atomic E-state index is 0. The number of thiazole rings is 1. The molecule has 2 N–H and O–H groups in total. The standard InChI is InChI=1S/C22H30FN5S.HI/c1-2-24-20(26-16-22(10-11-22)18-7-3-4-8-19(18)23)25-12-9-17-15-29-21(27-17)28-13-5-6-14-28;/h3-4,7-8,15H,2,5-6,9-14,16H2,1H3,(H2,24,25,26);1H. The summed E-state index contributed by atoms with van der Waals surface area (Å²) in [6.45, 7) is 6.51. The number of guanidine groups is 1. The third-order valence-corrected chi connectivity index (χ3v) is 6.72. The van der Waals surface area contributed by atoms with E-state index in [0.717, 1.165) is 67.8 Å². The van der Waals surface area contributed by atoms with Gasteiger partial charge in [-0.2, -0.15) is 0 Å². The van der Waals surface area contributed by atoms with Crippen molar-refractivity contribution in [2.45, 2.75) is 44.4 Å². The first-order chi connectivity index (χ1) is 14.2. The topological polar surface area (TPSA) is 52.6 Å². The van der Waals surface area contributed by atoms with Gasteiger partial charge in [0.05, 0.1) is 12.2 Å². The first kappa shape index (κ1) is 23.2. The molecule has 0 radical (unpaired) electrons. The fourth-order valence-electron chi connectivity index (χ4n) is 3.90. The van der Waals surface area contributed by atoms with Gasteiger partial charge in [0.1, 0.15) is 5.82 Å². The molecule has 0 amide bonds. The zero-order chi connectivity index (χ0) is 20.1. The zero-order valence-corrected chi connectivity index (χ0v) is 20.6. The molecular formula is C22H31FIN5S. The van der Waals surface area contributed by atoms with Gasteiger partial charge in [-0.3, -0.25) is 4.99 Å². The lowest BCUT2D eigenvalue weighted by atomic mass is 9.95. The third kappa shape index (κ3) is 5.63. The Morgan fingerprint density at radius 2 is 2.00 bits per heavy atom. The fourth-order valence-corrected chi connectivity index (χ4v) is 4.81. The quantitative estimate of drug-likeness (QED) is 0.296. The van der Waals surface area contributed by atoms with E-state index in [0.29, 0.717) is 6.54 Å². The summed E-state index contributed by atoms with van der Waals surface area (Å²) >= 11 is 1.74. The van der Waals surface area contributed by atoms with Crippen LogP contribution < -0.4 is 15.5 Å². The fraction of sp³-hybridized carbons (Fsp3) is 0.545. The molecule has 1 aliphatic carbocycles. The Labute approximate surface area is 199 Å². The van der Waals surface area contributed by atoms with Crippen LogP contribution in [0.15, 0.2) is 34.6 Å². The van der Waals surface area contributed by atoms with Crippen LogP contribution in [-0.4, -0.2) is 43.7 Å². The predicted octanol–water partition coefficient (Wildman–Crippen LogP) is 4.33. The van der Waals surface area contributed by atoms with Gasteiger partial charge in [-0.1, -0.05) is 18.2 Å². The minimum Gasteiger partial charge on any atom is -0.357 e. The highest BCUT2D eigenvalue weighted by molar-refractivity contribution is 14.0. The van der Waals surface area contributed by atoms with Crippen LogP contribution in [0.4, 0.5) is 9.52 Å². The molecule has 2 fully saturated rings. The second-order valence-corrected chi connectivity index (χ2v) is 8.78. The number of rotatable bonds is 8. The number of hydrogen-bond acceptors (Lipinski definition) is 4. The Kier molecular flexibility index (Phi) is 8.33. The van der Waals surface area contributed by atoms with Gasteiger partial charge in [-0.05, 0) is 44.2 Å². The van der Waals surface area contributed by atoms with Gasteiger partial charge in [-0.25, -0.2) is 9.37 Å². The van der Waals surface area contributed by atoms with Gasteiger partial charge in [-0.15, -0.1) is 35.3 Å². The van der Waals surface area contributed by atoms with Crippen molar-refractivity contribution < 1.29 is 4.39 Å². The molecule has 1 aliphatic heterocycles. The van der Waals surface area contributed by atoms with Crippen LogP contribution in [0.2, 0.25) is 0 Å². The molecule has 30 heavy (non-hydrogen) atoms. The lowest BCUT2D eigenvalue weighted by Crippen LogP contribution is -2.39. The largest absolute Gasteiger partial charge is 0.357 e. The first-order valence-electron chi connectivity index (χ1n) is 10.7. The Balaban J connectivity index is 0.00000256. The number of anilines is 1. The van der Waals surface area contributed by atoms with Crippen molar-refractivity contribution in [3.63, 3.8) is 0 Å². The predicted molar refractivity (Wildman–Crippen MR) is 134 cm³/mol. The lowest BCUT2D eigenvalue weighted by Gasteiger charge is -2.16. The number of aromatic nitrogens is 1. The van der Waals surface area contributed by atoms with Crippen LogP contribution in [0.1, 0.15) is 43.9 Å². The van der Waals surface area contributed by atoms with Gasteiger partial charge in [0.2, 0.25) is 0 Å². The van der Waals surface area contributed by atoms with Crippen LogP contribution in [-0.2, 0) is 11.8 Å². The van der Waals surface area contributed by atoms with Crippen LogP contribution in [0.25, 0.3) is 0 Å². The van der Waals surface area contributed by atoms with Crippen molar-refractivity contribution in [3.8, 4) is 0 Å². The Morgan fingerprint density at radius 1 is 1.23 bits per heavy atom.